The van der Waals surface area contributed by atoms with Crippen LogP contribution in [0.2, 0.25) is 5.02 Å². The van der Waals surface area contributed by atoms with Crippen molar-refractivity contribution in [2.75, 3.05) is 5.32 Å². The molecule has 4 nitrogen and oxygen atoms in total. The van der Waals surface area contributed by atoms with Crippen LogP contribution in [-0.4, -0.2) is 10.9 Å². The van der Waals surface area contributed by atoms with E-state index in [9.17, 15) is 18.0 Å². The average molecular weight is 423 g/mol. The predicted molar refractivity (Wildman–Crippen MR) is 102 cm³/mol. The Bertz CT molecular complexity index is 1150. The van der Waals surface area contributed by atoms with E-state index >= 15 is 0 Å². The fraction of sp³-hybridized carbons (Fsp3) is 0.0526. The summed E-state index contributed by atoms with van der Waals surface area (Å²) in [7, 11) is 0. The molecule has 1 amide bonds. The smallest absolute Gasteiger partial charge is 0.416 e. The Kier molecular flexibility index (Phi) is 4.60. The van der Waals surface area contributed by atoms with Crippen LogP contribution in [0, 0.1) is 0 Å². The van der Waals surface area contributed by atoms with Crippen LogP contribution in [0.1, 0.15) is 16.1 Å². The predicted octanol–water partition coefficient (Wildman–Crippen LogP) is 6.48. The van der Waals surface area contributed by atoms with Gasteiger partial charge in [0.25, 0.3) is 5.91 Å². The van der Waals surface area contributed by atoms with Gasteiger partial charge in [-0.3, -0.25) is 10.1 Å². The van der Waals surface area contributed by atoms with Gasteiger partial charge in [0.2, 0.25) is 0 Å². The summed E-state index contributed by atoms with van der Waals surface area (Å²) in [5.41, 5.74) is -0.0574. The first-order valence-corrected chi connectivity index (χ1v) is 9.14. The van der Waals surface area contributed by atoms with Crippen molar-refractivity contribution in [3.05, 3.63) is 70.9 Å². The number of carbonyl (C=O) groups excluding carboxylic acids is 1. The number of benzene rings is 2. The summed E-state index contributed by atoms with van der Waals surface area (Å²) < 4.78 is 45.2. The molecule has 4 aromatic rings. The Balaban J connectivity index is 1.59. The number of carbonyl (C=O) groups is 1. The van der Waals surface area contributed by atoms with Gasteiger partial charge in [0, 0.05) is 5.56 Å². The van der Waals surface area contributed by atoms with E-state index < -0.39 is 17.6 Å². The number of aromatic nitrogens is 1. The van der Waals surface area contributed by atoms with Crippen LogP contribution in [0.3, 0.4) is 0 Å². The number of alkyl halides is 3. The second-order valence-corrected chi connectivity index (χ2v) is 7.23. The first-order valence-electron chi connectivity index (χ1n) is 7.95. The summed E-state index contributed by atoms with van der Waals surface area (Å²) in [4.78, 5) is 16.7. The van der Waals surface area contributed by atoms with Crippen LogP contribution in [-0.2, 0) is 6.18 Å². The van der Waals surface area contributed by atoms with Crippen LogP contribution >= 0.6 is 22.9 Å². The van der Waals surface area contributed by atoms with Gasteiger partial charge in [-0.25, -0.2) is 4.98 Å². The number of para-hydroxylation sites is 1. The number of hydrogen-bond donors (Lipinski definition) is 1. The highest BCUT2D eigenvalue weighted by Crippen LogP contribution is 2.36. The molecule has 142 valence electrons. The van der Waals surface area contributed by atoms with Crippen LogP contribution in [0.4, 0.5) is 18.3 Å². The lowest BCUT2D eigenvalue weighted by Crippen LogP contribution is -2.10. The Labute approximate surface area is 165 Å². The van der Waals surface area contributed by atoms with Crippen molar-refractivity contribution in [1.82, 2.24) is 4.98 Å². The topological polar surface area (TPSA) is 55.1 Å². The van der Waals surface area contributed by atoms with E-state index in [0.717, 1.165) is 28.4 Å². The molecule has 0 aliphatic carbocycles. The van der Waals surface area contributed by atoms with E-state index in [1.54, 1.807) is 0 Å². The Morgan fingerprint density at radius 2 is 1.89 bits per heavy atom. The maximum atomic E-state index is 12.9. The number of nitrogens with one attached hydrogen (secondary N) is 1. The van der Waals surface area contributed by atoms with Gasteiger partial charge in [0.05, 0.1) is 20.8 Å². The number of furan rings is 1. The largest absolute Gasteiger partial charge is 0.451 e. The molecule has 2 aromatic carbocycles. The van der Waals surface area contributed by atoms with E-state index in [0.29, 0.717) is 5.13 Å². The molecule has 2 heterocycles. The summed E-state index contributed by atoms with van der Waals surface area (Å²) in [6.07, 6.45) is -4.51. The SMILES string of the molecule is O=C(Nc1nc2ccccc2s1)c1ccc(-c2cc(C(F)(F)F)ccc2Cl)o1. The number of anilines is 1. The second-order valence-electron chi connectivity index (χ2n) is 5.80. The number of rotatable bonds is 3. The monoisotopic (exact) mass is 422 g/mol. The third kappa shape index (κ3) is 3.61. The number of hydrogen-bond acceptors (Lipinski definition) is 4. The Hall–Kier alpha value is -2.84. The Morgan fingerprint density at radius 3 is 2.64 bits per heavy atom. The zero-order valence-electron chi connectivity index (χ0n) is 13.9. The van der Waals surface area contributed by atoms with Crippen LogP contribution < -0.4 is 5.32 Å². The molecule has 0 aliphatic heterocycles. The first-order chi connectivity index (χ1) is 13.3. The van der Waals surface area contributed by atoms with Crippen molar-refractivity contribution >= 4 is 44.2 Å². The molecule has 0 atom stereocenters. The van der Waals surface area contributed by atoms with E-state index in [1.807, 2.05) is 24.3 Å². The number of thiazole rings is 1. The van der Waals surface area contributed by atoms with Crippen molar-refractivity contribution < 1.29 is 22.4 Å². The van der Waals surface area contributed by atoms with E-state index in [1.165, 1.54) is 23.5 Å². The maximum Gasteiger partial charge on any atom is 0.416 e. The van der Waals surface area contributed by atoms with Crippen LogP contribution in [0.25, 0.3) is 21.5 Å². The van der Waals surface area contributed by atoms with Gasteiger partial charge in [0.15, 0.2) is 10.9 Å². The van der Waals surface area contributed by atoms with Crippen LogP contribution in [0.5, 0.6) is 0 Å². The minimum absolute atomic E-state index is 0.0514. The van der Waals surface area contributed by atoms with Crippen molar-refractivity contribution in [3.63, 3.8) is 0 Å². The molecule has 28 heavy (non-hydrogen) atoms. The van der Waals surface area contributed by atoms with Crippen molar-refractivity contribution in [2.45, 2.75) is 6.18 Å². The van der Waals surface area contributed by atoms with Crippen LogP contribution in [0.15, 0.2) is 59.0 Å². The zero-order chi connectivity index (χ0) is 19.9. The molecular weight excluding hydrogens is 413 g/mol. The van der Waals surface area contributed by atoms with Crippen molar-refractivity contribution in [1.29, 1.82) is 0 Å². The molecule has 2 aromatic heterocycles. The number of amides is 1. The lowest BCUT2D eigenvalue weighted by Gasteiger charge is -2.09. The van der Waals surface area contributed by atoms with Crippen molar-refractivity contribution in [2.24, 2.45) is 0 Å². The molecule has 1 N–H and O–H groups in total. The minimum Gasteiger partial charge on any atom is -0.451 e. The molecule has 0 saturated heterocycles. The quantitative estimate of drug-likeness (QED) is 0.411. The molecule has 0 saturated carbocycles. The molecule has 0 radical (unpaired) electrons. The minimum atomic E-state index is -4.51. The average Bonchev–Trinajstić information content (AvgIpc) is 3.27. The fourth-order valence-corrected chi connectivity index (χ4v) is 3.65. The van der Waals surface area contributed by atoms with Gasteiger partial charge in [-0.05, 0) is 42.5 Å². The summed E-state index contributed by atoms with van der Waals surface area (Å²) in [5.74, 6) is -0.568. The summed E-state index contributed by atoms with van der Waals surface area (Å²) in [5, 5.41) is 3.10. The third-order valence-electron chi connectivity index (χ3n) is 3.90. The van der Waals surface area contributed by atoms with E-state index in [4.69, 9.17) is 16.0 Å². The maximum absolute atomic E-state index is 12.9. The molecular formula is C19H10ClF3N2O2S. The number of nitrogens with zero attached hydrogens (tertiary/aromatic N) is 1. The molecule has 4 rings (SSSR count). The van der Waals surface area contributed by atoms with E-state index in [-0.39, 0.29) is 22.1 Å². The number of halogens is 4. The summed E-state index contributed by atoms with van der Waals surface area (Å²) in [6.45, 7) is 0. The number of fused-ring (bicyclic) bond motifs is 1. The normalized spacial score (nSPS) is 11.7. The fourth-order valence-electron chi connectivity index (χ4n) is 2.58. The van der Waals surface area contributed by atoms with Gasteiger partial charge >= 0.3 is 6.18 Å². The molecule has 0 spiro atoms. The summed E-state index contributed by atoms with van der Waals surface area (Å²) >= 11 is 7.31. The van der Waals surface area contributed by atoms with Gasteiger partial charge in [0.1, 0.15) is 5.76 Å². The van der Waals surface area contributed by atoms with E-state index in [2.05, 4.69) is 10.3 Å². The highest BCUT2D eigenvalue weighted by molar-refractivity contribution is 7.22. The molecule has 0 unspecified atom stereocenters. The van der Waals surface area contributed by atoms with Gasteiger partial charge < -0.3 is 4.42 Å². The molecule has 0 bridgehead atoms. The summed E-state index contributed by atoms with van der Waals surface area (Å²) in [6, 6.07) is 13.1. The van der Waals surface area contributed by atoms with Gasteiger partial charge in [-0.1, -0.05) is 35.1 Å². The first kappa shape index (κ1) is 18.5. The molecule has 9 heteroatoms. The lowest BCUT2D eigenvalue weighted by molar-refractivity contribution is -0.137. The van der Waals surface area contributed by atoms with Gasteiger partial charge in [-0.15, -0.1) is 0 Å². The third-order valence-corrected chi connectivity index (χ3v) is 5.18. The lowest BCUT2D eigenvalue weighted by atomic mass is 10.1. The Morgan fingerprint density at radius 1 is 1.11 bits per heavy atom. The zero-order valence-corrected chi connectivity index (χ0v) is 15.5. The highest BCUT2D eigenvalue weighted by Gasteiger charge is 2.31. The molecule has 0 aliphatic rings. The standard InChI is InChI=1S/C19H10ClF3N2O2S/c20-12-6-5-10(19(21,22)23)9-11(12)14-7-8-15(27-14)17(26)25-18-24-13-3-1-2-4-16(13)28-18/h1-9H,(H,24,25,26). The highest BCUT2D eigenvalue weighted by atomic mass is 35.5. The van der Waals surface area contributed by atoms with Gasteiger partial charge in [-0.2, -0.15) is 13.2 Å². The second kappa shape index (κ2) is 6.96. The molecule has 0 fully saturated rings. The van der Waals surface area contributed by atoms with Crippen molar-refractivity contribution in [3.8, 4) is 11.3 Å².